The number of likely N-dealkylation sites (N-methyl/N-ethyl adjacent to an activating group) is 1. The molecule has 0 radical (unpaired) electrons. The lowest BCUT2D eigenvalue weighted by Gasteiger charge is -2.13. The number of hydrogen-bond donors (Lipinski definition) is 3. The second-order valence-electron chi connectivity index (χ2n) is 4.56. The molecule has 0 aliphatic heterocycles. The van der Waals surface area contributed by atoms with Crippen molar-refractivity contribution in [3.05, 3.63) is 24.0 Å². The normalized spacial score (nSPS) is 13.9. The summed E-state index contributed by atoms with van der Waals surface area (Å²) in [6, 6.07) is 2.89. The lowest BCUT2D eigenvalue weighted by Crippen LogP contribution is -2.37. The smallest absolute Gasteiger partial charge is 0.243 e. The van der Waals surface area contributed by atoms with Gasteiger partial charge in [-0.2, -0.15) is 0 Å². The zero-order valence-corrected chi connectivity index (χ0v) is 13.5. The number of nitrogens with one attached hydrogen (secondary N) is 3. The van der Waals surface area contributed by atoms with Crippen molar-refractivity contribution in [1.29, 1.82) is 0 Å². The lowest BCUT2D eigenvalue weighted by molar-refractivity contribution is 0.541. The Bertz CT molecular complexity index is 704. The Labute approximate surface area is 124 Å². The molecule has 0 fully saturated rings. The van der Waals surface area contributed by atoms with Gasteiger partial charge in [-0.15, -0.1) is 0 Å². The Hall–Kier alpha value is -1.23. The summed E-state index contributed by atoms with van der Waals surface area (Å²) in [6.07, 6.45) is 0.913. The van der Waals surface area contributed by atoms with Gasteiger partial charge in [-0.25, -0.2) is 25.9 Å². The van der Waals surface area contributed by atoms with Gasteiger partial charge in [0, 0.05) is 12.6 Å². The van der Waals surface area contributed by atoms with Gasteiger partial charge in [0.1, 0.15) is 10.7 Å². The first kappa shape index (κ1) is 17.8. The Balaban J connectivity index is 2.99. The molecule has 0 aliphatic carbocycles. The van der Waals surface area contributed by atoms with Crippen LogP contribution in [-0.4, -0.2) is 42.7 Å². The summed E-state index contributed by atoms with van der Waals surface area (Å²) < 4.78 is 64.2. The third kappa shape index (κ3) is 5.58. The minimum atomic E-state index is -4.00. The average Bonchev–Trinajstić information content (AvgIpc) is 2.33. The SMILES string of the molecule is CNC(C)CNS(=O)(=O)c1ccc(NS(C)(=O)=O)cc1F. The van der Waals surface area contributed by atoms with Crippen LogP contribution in [0.5, 0.6) is 0 Å². The van der Waals surface area contributed by atoms with Crippen molar-refractivity contribution in [1.82, 2.24) is 10.0 Å². The summed E-state index contributed by atoms with van der Waals surface area (Å²) >= 11 is 0. The summed E-state index contributed by atoms with van der Waals surface area (Å²) in [5.74, 6) is -1.03. The molecule has 0 spiro atoms. The van der Waals surface area contributed by atoms with Crippen molar-refractivity contribution in [3.8, 4) is 0 Å². The summed E-state index contributed by atoms with van der Waals surface area (Å²) in [7, 11) is -5.88. The summed E-state index contributed by atoms with van der Waals surface area (Å²) in [5, 5.41) is 2.84. The zero-order valence-electron chi connectivity index (χ0n) is 11.8. The van der Waals surface area contributed by atoms with Crippen molar-refractivity contribution < 1.29 is 21.2 Å². The number of halogens is 1. The van der Waals surface area contributed by atoms with Crippen LogP contribution in [0, 0.1) is 5.82 Å². The van der Waals surface area contributed by atoms with Crippen molar-refractivity contribution in [2.75, 3.05) is 24.6 Å². The molecule has 0 saturated heterocycles. The molecule has 3 N–H and O–H groups in total. The third-order valence-electron chi connectivity index (χ3n) is 2.60. The van der Waals surface area contributed by atoms with Gasteiger partial charge < -0.3 is 5.32 Å². The molecule has 10 heteroatoms. The van der Waals surface area contributed by atoms with Crippen LogP contribution in [0.25, 0.3) is 0 Å². The van der Waals surface area contributed by atoms with E-state index < -0.39 is 30.8 Å². The number of benzene rings is 1. The van der Waals surface area contributed by atoms with Crippen LogP contribution in [0.1, 0.15) is 6.92 Å². The molecule has 21 heavy (non-hydrogen) atoms. The number of hydrogen-bond acceptors (Lipinski definition) is 5. The van der Waals surface area contributed by atoms with E-state index in [4.69, 9.17) is 0 Å². The van der Waals surface area contributed by atoms with Crippen LogP contribution in [0.3, 0.4) is 0 Å². The number of sulfonamides is 2. The van der Waals surface area contributed by atoms with Gasteiger partial charge in [0.25, 0.3) is 0 Å². The van der Waals surface area contributed by atoms with E-state index in [-0.39, 0.29) is 18.3 Å². The third-order valence-corrected chi connectivity index (χ3v) is 4.66. The molecular formula is C11H18FN3O4S2. The van der Waals surface area contributed by atoms with E-state index in [9.17, 15) is 21.2 Å². The molecule has 1 aromatic rings. The maximum atomic E-state index is 13.9. The van der Waals surface area contributed by atoms with Crippen molar-refractivity contribution in [2.45, 2.75) is 17.9 Å². The van der Waals surface area contributed by atoms with Crippen molar-refractivity contribution in [2.24, 2.45) is 0 Å². The standard InChI is InChI=1S/C11H18FN3O4S2/c1-8(13-2)7-14-21(18,19)11-5-4-9(6-10(11)12)15-20(3,16)17/h4-6,8,13-15H,7H2,1-3H3. The van der Waals surface area contributed by atoms with Gasteiger partial charge in [0.05, 0.1) is 11.9 Å². The molecule has 1 aromatic carbocycles. The molecule has 0 saturated carbocycles. The van der Waals surface area contributed by atoms with Crippen LogP contribution in [-0.2, 0) is 20.0 Å². The fourth-order valence-corrected chi connectivity index (χ4v) is 3.15. The summed E-state index contributed by atoms with van der Waals surface area (Å²) in [4.78, 5) is -0.537. The first-order chi connectivity index (χ1) is 9.55. The minimum absolute atomic E-state index is 0.0439. The van der Waals surface area contributed by atoms with Crippen molar-refractivity contribution >= 4 is 25.7 Å². The number of anilines is 1. The van der Waals surface area contributed by atoms with Gasteiger partial charge in [0.15, 0.2) is 0 Å². The maximum absolute atomic E-state index is 13.9. The second-order valence-corrected chi connectivity index (χ2v) is 8.04. The van der Waals surface area contributed by atoms with Crippen molar-refractivity contribution in [3.63, 3.8) is 0 Å². The van der Waals surface area contributed by atoms with E-state index >= 15 is 0 Å². The van der Waals surface area contributed by atoms with E-state index in [2.05, 4.69) is 14.8 Å². The predicted molar refractivity (Wildman–Crippen MR) is 78.6 cm³/mol. The topological polar surface area (TPSA) is 104 Å². The lowest BCUT2D eigenvalue weighted by atomic mass is 10.3. The molecule has 0 aromatic heterocycles. The van der Waals surface area contributed by atoms with E-state index in [1.165, 1.54) is 6.07 Å². The molecule has 0 aliphatic rings. The molecule has 1 rings (SSSR count). The molecule has 7 nitrogen and oxygen atoms in total. The van der Waals surface area contributed by atoms with Crippen LogP contribution in [0.4, 0.5) is 10.1 Å². The van der Waals surface area contributed by atoms with Crippen LogP contribution < -0.4 is 14.8 Å². The quantitative estimate of drug-likeness (QED) is 0.653. The number of rotatable bonds is 7. The fourth-order valence-electron chi connectivity index (χ4n) is 1.41. The van der Waals surface area contributed by atoms with E-state index in [0.29, 0.717) is 0 Å². The molecule has 120 valence electrons. The monoisotopic (exact) mass is 339 g/mol. The van der Waals surface area contributed by atoms with Gasteiger partial charge in [-0.05, 0) is 32.2 Å². The molecule has 1 atom stereocenters. The van der Waals surface area contributed by atoms with Crippen LogP contribution >= 0.6 is 0 Å². The van der Waals surface area contributed by atoms with E-state index in [1.807, 2.05) is 0 Å². The summed E-state index contributed by atoms with van der Waals surface area (Å²) in [6.45, 7) is 1.86. The zero-order chi connectivity index (χ0) is 16.3. The van der Waals surface area contributed by atoms with Crippen LogP contribution in [0.2, 0.25) is 0 Å². The average molecular weight is 339 g/mol. The highest BCUT2D eigenvalue weighted by molar-refractivity contribution is 7.92. The van der Waals surface area contributed by atoms with Crippen LogP contribution in [0.15, 0.2) is 23.1 Å². The Morgan fingerprint density at radius 3 is 2.33 bits per heavy atom. The van der Waals surface area contributed by atoms with E-state index in [0.717, 1.165) is 18.4 Å². The second kappa shape index (κ2) is 6.69. The first-order valence-electron chi connectivity index (χ1n) is 5.99. The minimum Gasteiger partial charge on any atom is -0.316 e. The Morgan fingerprint density at radius 2 is 1.86 bits per heavy atom. The van der Waals surface area contributed by atoms with Gasteiger partial charge >= 0.3 is 0 Å². The Morgan fingerprint density at radius 1 is 1.24 bits per heavy atom. The first-order valence-corrected chi connectivity index (χ1v) is 9.37. The molecule has 1 unspecified atom stereocenters. The Kier molecular flexibility index (Phi) is 5.68. The molecule has 0 amide bonds. The maximum Gasteiger partial charge on any atom is 0.243 e. The molecular weight excluding hydrogens is 321 g/mol. The largest absolute Gasteiger partial charge is 0.316 e. The predicted octanol–water partition coefficient (Wildman–Crippen LogP) is 0.0834. The highest BCUT2D eigenvalue weighted by atomic mass is 32.2. The highest BCUT2D eigenvalue weighted by Gasteiger charge is 2.20. The molecule has 0 bridgehead atoms. The van der Waals surface area contributed by atoms with E-state index in [1.54, 1.807) is 14.0 Å². The fraction of sp³-hybridized carbons (Fsp3) is 0.455. The molecule has 0 heterocycles. The highest BCUT2D eigenvalue weighted by Crippen LogP contribution is 2.19. The summed E-state index contributed by atoms with van der Waals surface area (Å²) in [5.41, 5.74) is -0.0439. The van der Waals surface area contributed by atoms with Gasteiger partial charge in [0.2, 0.25) is 20.0 Å². The van der Waals surface area contributed by atoms with Gasteiger partial charge in [-0.1, -0.05) is 0 Å². The van der Waals surface area contributed by atoms with Gasteiger partial charge in [-0.3, -0.25) is 4.72 Å².